The molecule has 0 bridgehead atoms. The van der Waals surface area contributed by atoms with Gasteiger partial charge in [-0.05, 0) is 24.6 Å². The Morgan fingerprint density at radius 2 is 1.95 bits per heavy atom. The van der Waals surface area contributed by atoms with Crippen LogP contribution in [-0.4, -0.2) is 37.1 Å². The summed E-state index contributed by atoms with van der Waals surface area (Å²) in [6.45, 7) is 2.20. The monoisotopic (exact) mass is 298 g/mol. The molecular weight excluding hydrogens is 280 g/mol. The van der Waals surface area contributed by atoms with Gasteiger partial charge in [0.05, 0.1) is 13.5 Å². The Morgan fingerprint density at radius 3 is 2.50 bits per heavy atom. The number of amides is 2. The normalized spacial score (nSPS) is 11.6. The SMILES string of the molecule is COC(=O)C[C@H](C)N(C)C(=O)NCc1ccc(Cl)cc1. The van der Waals surface area contributed by atoms with Crippen LogP contribution in [0, 0.1) is 0 Å². The van der Waals surface area contributed by atoms with Crippen LogP contribution >= 0.6 is 11.6 Å². The molecule has 0 saturated carbocycles. The van der Waals surface area contributed by atoms with Crippen LogP contribution in [-0.2, 0) is 16.1 Å². The second-order valence-corrected chi connectivity index (χ2v) is 4.96. The Kier molecular flexibility index (Phi) is 6.31. The maximum absolute atomic E-state index is 11.9. The highest BCUT2D eigenvalue weighted by atomic mass is 35.5. The number of nitrogens with zero attached hydrogens (tertiary/aromatic N) is 1. The van der Waals surface area contributed by atoms with Crippen LogP contribution in [0.4, 0.5) is 4.79 Å². The van der Waals surface area contributed by atoms with Gasteiger partial charge in [-0.15, -0.1) is 0 Å². The third-order valence-corrected chi connectivity index (χ3v) is 3.28. The third kappa shape index (κ3) is 5.09. The van der Waals surface area contributed by atoms with E-state index < -0.39 is 0 Å². The highest BCUT2D eigenvalue weighted by Gasteiger charge is 2.18. The Morgan fingerprint density at radius 1 is 1.35 bits per heavy atom. The van der Waals surface area contributed by atoms with Crippen LogP contribution < -0.4 is 5.32 Å². The summed E-state index contributed by atoms with van der Waals surface area (Å²) in [7, 11) is 2.97. The van der Waals surface area contributed by atoms with E-state index in [9.17, 15) is 9.59 Å². The maximum atomic E-state index is 11.9. The van der Waals surface area contributed by atoms with E-state index in [2.05, 4.69) is 10.1 Å². The molecule has 0 aliphatic carbocycles. The van der Waals surface area contributed by atoms with Gasteiger partial charge >= 0.3 is 12.0 Å². The molecule has 1 aromatic rings. The molecular formula is C14H19ClN2O3. The van der Waals surface area contributed by atoms with E-state index in [-0.39, 0.29) is 24.5 Å². The van der Waals surface area contributed by atoms with E-state index in [1.165, 1.54) is 12.0 Å². The van der Waals surface area contributed by atoms with Gasteiger partial charge < -0.3 is 15.0 Å². The Bertz CT molecular complexity index is 462. The van der Waals surface area contributed by atoms with Crippen molar-refractivity contribution in [1.82, 2.24) is 10.2 Å². The van der Waals surface area contributed by atoms with Crippen LogP contribution in [0.2, 0.25) is 5.02 Å². The van der Waals surface area contributed by atoms with Gasteiger partial charge in [0.1, 0.15) is 0 Å². The summed E-state index contributed by atoms with van der Waals surface area (Å²) < 4.78 is 4.58. The number of hydrogen-bond acceptors (Lipinski definition) is 3. The minimum absolute atomic E-state index is 0.168. The summed E-state index contributed by atoms with van der Waals surface area (Å²) in [5.41, 5.74) is 0.955. The molecule has 1 aromatic carbocycles. The van der Waals surface area contributed by atoms with Crippen LogP contribution in [0.5, 0.6) is 0 Å². The summed E-state index contributed by atoms with van der Waals surface area (Å²) in [5.74, 6) is -0.338. The van der Waals surface area contributed by atoms with Crippen molar-refractivity contribution in [2.75, 3.05) is 14.2 Å². The number of ether oxygens (including phenoxy) is 1. The summed E-state index contributed by atoms with van der Waals surface area (Å²) in [5, 5.41) is 3.44. The van der Waals surface area contributed by atoms with E-state index >= 15 is 0 Å². The standard InChI is InChI=1S/C14H19ClN2O3/c1-10(8-13(18)20-3)17(2)14(19)16-9-11-4-6-12(15)7-5-11/h4-7,10H,8-9H2,1-3H3,(H,16,19)/t10-/m0/s1. The molecule has 0 fully saturated rings. The predicted octanol–water partition coefficient (Wildman–Crippen LogP) is 2.43. The number of urea groups is 1. The second-order valence-electron chi connectivity index (χ2n) is 4.53. The molecule has 0 aliphatic heterocycles. The number of hydrogen-bond donors (Lipinski definition) is 1. The van der Waals surface area contributed by atoms with Gasteiger partial charge in [0.25, 0.3) is 0 Å². The van der Waals surface area contributed by atoms with Crippen LogP contribution in [0.1, 0.15) is 18.9 Å². The van der Waals surface area contributed by atoms with E-state index in [1.54, 1.807) is 26.1 Å². The zero-order chi connectivity index (χ0) is 15.1. The highest BCUT2D eigenvalue weighted by molar-refractivity contribution is 6.30. The molecule has 0 aliphatic rings. The number of benzene rings is 1. The van der Waals surface area contributed by atoms with Gasteiger partial charge in [-0.3, -0.25) is 4.79 Å². The fraction of sp³-hybridized carbons (Fsp3) is 0.429. The number of carbonyl (C=O) groups excluding carboxylic acids is 2. The molecule has 20 heavy (non-hydrogen) atoms. The lowest BCUT2D eigenvalue weighted by molar-refractivity contribution is -0.141. The number of halogens is 1. The van der Waals surface area contributed by atoms with Crippen molar-refractivity contribution in [3.63, 3.8) is 0 Å². The minimum atomic E-state index is -0.338. The average Bonchev–Trinajstić information content (AvgIpc) is 2.45. The lowest BCUT2D eigenvalue weighted by Crippen LogP contribution is -2.43. The number of esters is 1. The van der Waals surface area contributed by atoms with Crippen LogP contribution in [0.25, 0.3) is 0 Å². The van der Waals surface area contributed by atoms with Gasteiger partial charge in [-0.2, -0.15) is 0 Å². The molecule has 0 aromatic heterocycles. The van der Waals surface area contributed by atoms with Crippen molar-refractivity contribution >= 4 is 23.6 Å². The summed E-state index contributed by atoms with van der Waals surface area (Å²) in [6.07, 6.45) is 0.168. The van der Waals surface area contributed by atoms with Gasteiger partial charge in [0, 0.05) is 24.7 Å². The number of methoxy groups -OCH3 is 1. The van der Waals surface area contributed by atoms with E-state index in [4.69, 9.17) is 11.6 Å². The fourth-order valence-corrected chi connectivity index (χ4v) is 1.69. The van der Waals surface area contributed by atoms with E-state index in [0.29, 0.717) is 11.6 Å². The van der Waals surface area contributed by atoms with Gasteiger partial charge in [-0.25, -0.2) is 4.79 Å². The van der Waals surface area contributed by atoms with E-state index in [0.717, 1.165) is 5.56 Å². The molecule has 1 N–H and O–H groups in total. The molecule has 0 saturated heterocycles. The summed E-state index contributed by atoms with van der Waals surface area (Å²) in [4.78, 5) is 24.6. The first-order valence-electron chi connectivity index (χ1n) is 6.26. The first kappa shape index (κ1) is 16.3. The molecule has 2 amide bonds. The molecule has 0 heterocycles. The van der Waals surface area contributed by atoms with Crippen molar-refractivity contribution in [3.8, 4) is 0 Å². The predicted molar refractivity (Wildman–Crippen MR) is 77.5 cm³/mol. The highest BCUT2D eigenvalue weighted by Crippen LogP contribution is 2.09. The zero-order valence-electron chi connectivity index (χ0n) is 11.9. The molecule has 1 rings (SSSR count). The smallest absolute Gasteiger partial charge is 0.317 e. The van der Waals surface area contributed by atoms with Gasteiger partial charge in [0.15, 0.2) is 0 Å². The maximum Gasteiger partial charge on any atom is 0.317 e. The number of rotatable bonds is 5. The largest absolute Gasteiger partial charge is 0.469 e. The molecule has 0 unspecified atom stereocenters. The summed E-state index contributed by atoms with van der Waals surface area (Å²) >= 11 is 5.79. The zero-order valence-corrected chi connectivity index (χ0v) is 12.6. The van der Waals surface area contributed by atoms with Crippen LogP contribution in [0.3, 0.4) is 0 Å². The third-order valence-electron chi connectivity index (χ3n) is 3.03. The number of carbonyl (C=O) groups is 2. The first-order chi connectivity index (χ1) is 9.43. The quantitative estimate of drug-likeness (QED) is 0.849. The first-order valence-corrected chi connectivity index (χ1v) is 6.63. The van der Waals surface area contributed by atoms with Crippen molar-refractivity contribution in [2.24, 2.45) is 0 Å². The molecule has 110 valence electrons. The second kappa shape index (κ2) is 7.75. The van der Waals surface area contributed by atoms with Gasteiger partial charge in [0.2, 0.25) is 0 Å². The Balaban J connectivity index is 2.45. The van der Waals surface area contributed by atoms with Crippen molar-refractivity contribution < 1.29 is 14.3 Å². The molecule has 0 radical (unpaired) electrons. The number of nitrogens with one attached hydrogen (secondary N) is 1. The molecule has 6 heteroatoms. The topological polar surface area (TPSA) is 58.6 Å². The Hall–Kier alpha value is -1.75. The van der Waals surface area contributed by atoms with E-state index in [1.807, 2.05) is 12.1 Å². The average molecular weight is 299 g/mol. The molecule has 1 atom stereocenters. The van der Waals surface area contributed by atoms with Crippen molar-refractivity contribution in [1.29, 1.82) is 0 Å². The summed E-state index contributed by atoms with van der Waals surface area (Å²) in [6, 6.07) is 6.77. The molecule has 0 spiro atoms. The van der Waals surface area contributed by atoms with Crippen molar-refractivity contribution in [2.45, 2.75) is 25.9 Å². The lowest BCUT2D eigenvalue weighted by atomic mass is 10.2. The Labute approximate surface area is 123 Å². The van der Waals surface area contributed by atoms with Crippen LogP contribution in [0.15, 0.2) is 24.3 Å². The van der Waals surface area contributed by atoms with Gasteiger partial charge in [-0.1, -0.05) is 23.7 Å². The minimum Gasteiger partial charge on any atom is -0.469 e. The fourth-order valence-electron chi connectivity index (χ4n) is 1.57. The molecule has 5 nitrogen and oxygen atoms in total. The lowest BCUT2D eigenvalue weighted by Gasteiger charge is -2.24. The van der Waals surface area contributed by atoms with Crippen molar-refractivity contribution in [3.05, 3.63) is 34.9 Å².